The molecule has 164 valence electrons. The minimum atomic E-state index is -0.0208. The number of pyridine rings is 1. The van der Waals surface area contributed by atoms with Gasteiger partial charge in [-0.3, -0.25) is 14.5 Å². The fourth-order valence-electron chi connectivity index (χ4n) is 3.95. The van der Waals surface area contributed by atoms with E-state index in [1.165, 1.54) is 0 Å². The number of carbonyl (C=O) groups excluding carboxylic acids is 2. The molecule has 3 heterocycles. The van der Waals surface area contributed by atoms with Gasteiger partial charge < -0.3 is 14.3 Å². The van der Waals surface area contributed by atoms with Crippen molar-refractivity contribution in [2.24, 2.45) is 0 Å². The molecule has 0 aromatic carbocycles. The Bertz CT molecular complexity index is 904. The monoisotopic (exact) mass is 415 g/mol. The smallest absolute Gasteiger partial charge is 0.259 e. The summed E-state index contributed by atoms with van der Waals surface area (Å²) < 4.78 is 5.36. The van der Waals surface area contributed by atoms with Crippen LogP contribution in [-0.2, 0) is 4.79 Å². The highest BCUT2D eigenvalue weighted by Crippen LogP contribution is 2.26. The van der Waals surface area contributed by atoms with Crippen LogP contribution < -0.4 is 0 Å². The Labute approximate surface area is 178 Å². The van der Waals surface area contributed by atoms with Crippen LogP contribution in [0.5, 0.6) is 0 Å². The van der Waals surface area contributed by atoms with Gasteiger partial charge in [0.25, 0.3) is 11.6 Å². The zero-order chi connectivity index (χ0) is 21.8. The summed E-state index contributed by atoms with van der Waals surface area (Å²) in [6, 6.07) is 1.88. The molecule has 0 N–H and O–H groups in total. The lowest BCUT2D eigenvalue weighted by Gasteiger charge is -2.25. The predicted octanol–water partition coefficient (Wildman–Crippen LogP) is 2.67. The quantitative estimate of drug-likeness (QED) is 0.721. The maximum absolute atomic E-state index is 13.5. The van der Waals surface area contributed by atoms with E-state index in [0.29, 0.717) is 48.5 Å². The van der Waals surface area contributed by atoms with Gasteiger partial charge in [-0.25, -0.2) is 4.98 Å². The molecule has 2 aromatic heterocycles. The van der Waals surface area contributed by atoms with Gasteiger partial charge in [0.05, 0.1) is 23.2 Å². The molecule has 2 amide bonds. The molecule has 30 heavy (non-hydrogen) atoms. The molecule has 0 spiro atoms. The summed E-state index contributed by atoms with van der Waals surface area (Å²) >= 11 is 0. The average molecular weight is 416 g/mol. The van der Waals surface area contributed by atoms with Crippen molar-refractivity contribution < 1.29 is 14.1 Å². The van der Waals surface area contributed by atoms with Crippen LogP contribution in [0.15, 0.2) is 10.6 Å². The third-order valence-corrected chi connectivity index (χ3v) is 5.81. The number of likely N-dealkylation sites (N-methyl/N-ethyl adjacent to an activating group) is 1. The second-order valence-electron chi connectivity index (χ2n) is 8.19. The first-order valence-electron chi connectivity index (χ1n) is 10.9. The van der Waals surface area contributed by atoms with Crippen molar-refractivity contribution in [3.05, 3.63) is 23.0 Å². The maximum Gasteiger partial charge on any atom is 0.259 e. The molecule has 2 aromatic rings. The largest absolute Gasteiger partial charge is 0.342 e. The first-order chi connectivity index (χ1) is 14.3. The number of hydrogen-bond donors (Lipinski definition) is 0. The van der Waals surface area contributed by atoms with Crippen LogP contribution in [0.1, 0.15) is 61.8 Å². The molecule has 1 fully saturated rings. The average Bonchev–Trinajstić information content (AvgIpc) is 2.95. The number of aromatic nitrogens is 2. The van der Waals surface area contributed by atoms with Crippen molar-refractivity contribution >= 4 is 22.9 Å². The third kappa shape index (κ3) is 4.64. The number of hydrogen-bond acceptors (Lipinski definition) is 6. The van der Waals surface area contributed by atoms with Gasteiger partial charge in [-0.2, -0.15) is 0 Å². The van der Waals surface area contributed by atoms with E-state index in [-0.39, 0.29) is 17.7 Å². The summed E-state index contributed by atoms with van der Waals surface area (Å²) in [5, 5.41) is 4.72. The molecule has 8 heteroatoms. The van der Waals surface area contributed by atoms with Crippen molar-refractivity contribution in [3.8, 4) is 0 Å². The van der Waals surface area contributed by atoms with Crippen LogP contribution in [0, 0.1) is 6.92 Å². The van der Waals surface area contributed by atoms with E-state index in [2.05, 4.69) is 15.0 Å². The van der Waals surface area contributed by atoms with Gasteiger partial charge in [-0.1, -0.05) is 19.0 Å². The second kappa shape index (κ2) is 9.55. The van der Waals surface area contributed by atoms with Gasteiger partial charge in [0.2, 0.25) is 5.91 Å². The van der Waals surface area contributed by atoms with Gasteiger partial charge in [0.1, 0.15) is 0 Å². The zero-order valence-corrected chi connectivity index (χ0v) is 18.8. The zero-order valence-electron chi connectivity index (χ0n) is 18.8. The highest BCUT2D eigenvalue weighted by atomic mass is 16.5. The van der Waals surface area contributed by atoms with Gasteiger partial charge in [0.15, 0.2) is 0 Å². The van der Waals surface area contributed by atoms with Gasteiger partial charge in [0, 0.05) is 45.0 Å². The van der Waals surface area contributed by atoms with Crippen molar-refractivity contribution in [1.82, 2.24) is 24.8 Å². The number of aryl methyl sites for hydroxylation is 1. The fraction of sp³-hybridized carbons (Fsp3) is 0.636. The number of carbonyl (C=O) groups is 2. The molecule has 0 radical (unpaired) electrons. The Morgan fingerprint density at radius 3 is 2.57 bits per heavy atom. The Kier molecular flexibility index (Phi) is 7.07. The molecule has 0 saturated carbocycles. The molecule has 1 aliphatic rings. The summed E-state index contributed by atoms with van der Waals surface area (Å²) in [6.45, 7) is 14.5. The minimum absolute atomic E-state index is 0.0208. The molecular weight excluding hydrogens is 382 g/mol. The number of fused-ring (bicyclic) bond motifs is 1. The van der Waals surface area contributed by atoms with Crippen molar-refractivity contribution in [2.45, 2.75) is 47.0 Å². The summed E-state index contributed by atoms with van der Waals surface area (Å²) in [7, 11) is 0. The Morgan fingerprint density at radius 1 is 1.17 bits per heavy atom. The van der Waals surface area contributed by atoms with Crippen LogP contribution >= 0.6 is 0 Å². The van der Waals surface area contributed by atoms with E-state index in [9.17, 15) is 9.59 Å². The molecule has 0 bridgehead atoms. The van der Waals surface area contributed by atoms with E-state index < -0.39 is 0 Å². The van der Waals surface area contributed by atoms with Crippen LogP contribution in [0.4, 0.5) is 0 Å². The Morgan fingerprint density at radius 2 is 1.90 bits per heavy atom. The van der Waals surface area contributed by atoms with Gasteiger partial charge in [-0.15, -0.1) is 0 Å². The highest BCUT2D eigenvalue weighted by molar-refractivity contribution is 6.06. The molecule has 3 rings (SSSR count). The molecular formula is C22H33N5O3. The highest BCUT2D eigenvalue weighted by Gasteiger charge is 2.26. The number of amides is 2. The van der Waals surface area contributed by atoms with E-state index in [1.807, 2.05) is 50.5 Å². The first-order valence-corrected chi connectivity index (χ1v) is 10.9. The molecule has 0 aliphatic carbocycles. The van der Waals surface area contributed by atoms with Crippen LogP contribution in [0.3, 0.4) is 0 Å². The van der Waals surface area contributed by atoms with Crippen molar-refractivity contribution in [3.63, 3.8) is 0 Å². The summed E-state index contributed by atoms with van der Waals surface area (Å²) in [5.41, 5.74) is 2.53. The third-order valence-electron chi connectivity index (χ3n) is 5.81. The molecule has 0 atom stereocenters. The molecule has 1 saturated heterocycles. The predicted molar refractivity (Wildman–Crippen MR) is 116 cm³/mol. The lowest BCUT2D eigenvalue weighted by molar-refractivity contribution is -0.132. The second-order valence-corrected chi connectivity index (χ2v) is 8.19. The maximum atomic E-state index is 13.5. The van der Waals surface area contributed by atoms with Gasteiger partial charge in [-0.05, 0) is 39.2 Å². The lowest BCUT2D eigenvalue weighted by atomic mass is 10.0. The Balaban J connectivity index is 1.77. The SMILES string of the molecule is CCN(CC)C(=O)CN1CCCN(C(=O)c2cc(C(C)C)nc3onc(C)c23)CC1. The van der Waals surface area contributed by atoms with E-state index in [1.54, 1.807) is 0 Å². The van der Waals surface area contributed by atoms with Gasteiger partial charge >= 0.3 is 0 Å². The summed E-state index contributed by atoms with van der Waals surface area (Å²) in [4.78, 5) is 36.3. The topological polar surface area (TPSA) is 82.8 Å². The molecule has 0 unspecified atom stereocenters. The summed E-state index contributed by atoms with van der Waals surface area (Å²) in [5.74, 6) is 0.307. The number of nitrogens with zero attached hydrogens (tertiary/aromatic N) is 5. The number of rotatable bonds is 6. The van der Waals surface area contributed by atoms with Crippen LogP contribution in [0.2, 0.25) is 0 Å². The van der Waals surface area contributed by atoms with E-state index in [4.69, 9.17) is 4.52 Å². The van der Waals surface area contributed by atoms with Crippen LogP contribution in [0.25, 0.3) is 11.1 Å². The van der Waals surface area contributed by atoms with E-state index >= 15 is 0 Å². The Hall–Kier alpha value is -2.48. The van der Waals surface area contributed by atoms with Crippen molar-refractivity contribution in [1.29, 1.82) is 0 Å². The van der Waals surface area contributed by atoms with Crippen LogP contribution in [-0.4, -0.2) is 82.5 Å². The first kappa shape index (κ1) is 22.2. The van der Waals surface area contributed by atoms with E-state index in [0.717, 1.165) is 31.7 Å². The molecule has 1 aliphatic heterocycles. The minimum Gasteiger partial charge on any atom is -0.342 e. The fourth-order valence-corrected chi connectivity index (χ4v) is 3.95. The normalized spacial score (nSPS) is 15.6. The summed E-state index contributed by atoms with van der Waals surface area (Å²) in [6.07, 6.45) is 0.838. The lowest BCUT2D eigenvalue weighted by Crippen LogP contribution is -2.42. The molecule has 8 nitrogen and oxygen atoms in total. The van der Waals surface area contributed by atoms with Crippen molar-refractivity contribution in [2.75, 3.05) is 45.8 Å². The standard InChI is InChI=1S/C22H33N5O3/c1-6-26(7-2)19(28)14-25-9-8-10-27(12-11-25)22(29)17-13-18(15(3)4)23-21-20(17)16(5)24-30-21/h13,15H,6-12,14H2,1-5H3.